The number of rotatable bonds is 6. The summed E-state index contributed by atoms with van der Waals surface area (Å²) in [6.45, 7) is 1.22. The summed E-state index contributed by atoms with van der Waals surface area (Å²) in [5, 5.41) is 3.06. The van der Waals surface area contributed by atoms with E-state index in [9.17, 15) is 13.2 Å². The molecule has 0 aliphatic rings. The van der Waals surface area contributed by atoms with Gasteiger partial charge in [-0.2, -0.15) is 13.2 Å². The highest BCUT2D eigenvalue weighted by Crippen LogP contribution is 2.35. The van der Waals surface area contributed by atoms with Crippen molar-refractivity contribution in [3.05, 3.63) is 19.8 Å². The fourth-order valence-electron chi connectivity index (χ4n) is 1.32. The summed E-state index contributed by atoms with van der Waals surface area (Å²) in [7, 11) is 0. The van der Waals surface area contributed by atoms with Crippen molar-refractivity contribution in [1.82, 2.24) is 5.32 Å². The smallest absolute Gasteiger partial charge is 0.370 e. The Morgan fingerprint density at radius 2 is 2.22 bits per heavy atom. The van der Waals surface area contributed by atoms with Gasteiger partial charge in [-0.3, -0.25) is 0 Å². The second-order valence-corrected chi connectivity index (χ2v) is 6.05. The molecule has 1 rings (SSSR count). The van der Waals surface area contributed by atoms with Crippen LogP contribution in [0.15, 0.2) is 10.5 Å². The molecule has 2 nitrogen and oxygen atoms in total. The standard InChI is InChI=1S/C10H12BrClF3NOS/c1-2-16-7(4-17-5-10(13,14)15)8-3-6(11)9(12)18-8/h3,7,16H,2,4-5H2,1H3. The molecule has 0 aromatic carbocycles. The summed E-state index contributed by atoms with van der Waals surface area (Å²) in [6.07, 6.45) is -4.30. The second-order valence-electron chi connectivity index (χ2n) is 3.51. The molecule has 18 heavy (non-hydrogen) atoms. The van der Waals surface area contributed by atoms with Crippen LogP contribution >= 0.6 is 38.9 Å². The van der Waals surface area contributed by atoms with Gasteiger partial charge in [-0.05, 0) is 28.5 Å². The molecule has 1 heterocycles. The molecule has 0 aliphatic heterocycles. The average molecular weight is 367 g/mol. The van der Waals surface area contributed by atoms with Crippen molar-refractivity contribution in [2.75, 3.05) is 19.8 Å². The summed E-state index contributed by atoms with van der Waals surface area (Å²) < 4.78 is 42.0. The summed E-state index contributed by atoms with van der Waals surface area (Å²) >= 11 is 10.5. The third-order valence-electron chi connectivity index (χ3n) is 2.01. The lowest BCUT2D eigenvalue weighted by molar-refractivity contribution is -0.175. The van der Waals surface area contributed by atoms with Gasteiger partial charge in [0.25, 0.3) is 0 Å². The number of likely N-dealkylation sites (N-methyl/N-ethyl adjacent to an activating group) is 1. The van der Waals surface area contributed by atoms with Crippen molar-refractivity contribution in [1.29, 1.82) is 0 Å². The average Bonchev–Trinajstić information content (AvgIpc) is 2.56. The second kappa shape index (κ2) is 7.09. The molecule has 0 saturated carbocycles. The van der Waals surface area contributed by atoms with E-state index in [0.717, 1.165) is 9.35 Å². The molecular weight excluding hydrogens is 355 g/mol. The summed E-state index contributed by atoms with van der Waals surface area (Å²) in [5.74, 6) is 0. The van der Waals surface area contributed by atoms with E-state index < -0.39 is 12.8 Å². The van der Waals surface area contributed by atoms with Gasteiger partial charge >= 0.3 is 6.18 Å². The first-order chi connectivity index (χ1) is 8.33. The lowest BCUT2D eigenvalue weighted by Crippen LogP contribution is -2.27. The minimum absolute atomic E-state index is 0.0450. The minimum Gasteiger partial charge on any atom is -0.370 e. The van der Waals surface area contributed by atoms with Crippen LogP contribution in [0.4, 0.5) is 13.2 Å². The third-order valence-corrected chi connectivity index (χ3v) is 4.60. The maximum Gasteiger partial charge on any atom is 0.411 e. The fourth-order valence-corrected chi connectivity index (χ4v) is 3.11. The van der Waals surface area contributed by atoms with Crippen LogP contribution in [0, 0.1) is 0 Å². The highest BCUT2D eigenvalue weighted by molar-refractivity contribution is 9.10. The maximum atomic E-state index is 12.0. The zero-order valence-corrected chi connectivity index (χ0v) is 12.6. The van der Waals surface area contributed by atoms with Crippen molar-refractivity contribution in [3.8, 4) is 0 Å². The van der Waals surface area contributed by atoms with Gasteiger partial charge < -0.3 is 10.1 Å². The number of halogens is 5. The van der Waals surface area contributed by atoms with Crippen molar-refractivity contribution in [3.63, 3.8) is 0 Å². The number of ether oxygens (including phenoxy) is 1. The molecule has 0 aliphatic carbocycles. The minimum atomic E-state index is -4.30. The topological polar surface area (TPSA) is 21.3 Å². The predicted octanol–water partition coefficient (Wildman–Crippen LogP) is 4.39. The lowest BCUT2D eigenvalue weighted by Gasteiger charge is -2.17. The van der Waals surface area contributed by atoms with E-state index >= 15 is 0 Å². The van der Waals surface area contributed by atoms with Crippen LogP contribution < -0.4 is 5.32 Å². The van der Waals surface area contributed by atoms with E-state index in [2.05, 4.69) is 26.0 Å². The van der Waals surface area contributed by atoms with Gasteiger partial charge in [0.2, 0.25) is 0 Å². The maximum absolute atomic E-state index is 12.0. The molecule has 1 unspecified atom stereocenters. The molecule has 0 fully saturated rings. The molecule has 8 heteroatoms. The van der Waals surface area contributed by atoms with Crippen molar-refractivity contribution in [2.24, 2.45) is 0 Å². The number of alkyl halides is 3. The molecular formula is C10H12BrClF3NOS. The Kier molecular flexibility index (Phi) is 6.40. The van der Waals surface area contributed by atoms with Crippen LogP contribution in [-0.4, -0.2) is 25.9 Å². The molecule has 1 aromatic heterocycles. The first-order valence-electron chi connectivity index (χ1n) is 5.16. The number of nitrogens with one attached hydrogen (secondary N) is 1. The Balaban J connectivity index is 2.60. The van der Waals surface area contributed by atoms with E-state index in [1.807, 2.05) is 6.92 Å². The first-order valence-corrected chi connectivity index (χ1v) is 7.15. The largest absolute Gasteiger partial charge is 0.411 e. The van der Waals surface area contributed by atoms with E-state index in [-0.39, 0.29) is 12.6 Å². The molecule has 0 saturated heterocycles. The van der Waals surface area contributed by atoms with E-state index in [1.54, 1.807) is 6.07 Å². The zero-order chi connectivity index (χ0) is 13.8. The van der Waals surface area contributed by atoms with Gasteiger partial charge in [0.1, 0.15) is 10.9 Å². The SMILES string of the molecule is CCNC(COCC(F)(F)F)c1cc(Br)c(Cl)s1. The van der Waals surface area contributed by atoms with Crippen LogP contribution in [-0.2, 0) is 4.74 Å². The Bertz CT molecular complexity index is 366. The normalized spacial score (nSPS) is 13.9. The molecule has 104 valence electrons. The summed E-state index contributed by atoms with van der Waals surface area (Å²) in [4.78, 5) is 0.843. The summed E-state index contributed by atoms with van der Waals surface area (Å²) in [5.41, 5.74) is 0. The molecule has 0 radical (unpaired) electrons. The monoisotopic (exact) mass is 365 g/mol. The highest BCUT2D eigenvalue weighted by Gasteiger charge is 2.28. The third kappa shape index (κ3) is 5.44. The highest BCUT2D eigenvalue weighted by atomic mass is 79.9. The van der Waals surface area contributed by atoms with Crippen molar-refractivity contribution in [2.45, 2.75) is 19.1 Å². The van der Waals surface area contributed by atoms with Gasteiger partial charge in [-0.25, -0.2) is 0 Å². The first kappa shape index (κ1) is 16.2. The lowest BCUT2D eigenvalue weighted by atomic mass is 10.2. The Morgan fingerprint density at radius 1 is 1.56 bits per heavy atom. The zero-order valence-electron chi connectivity index (χ0n) is 9.48. The van der Waals surface area contributed by atoms with Gasteiger partial charge in [-0.15, -0.1) is 11.3 Å². The van der Waals surface area contributed by atoms with Crippen LogP contribution in [0.5, 0.6) is 0 Å². The van der Waals surface area contributed by atoms with Crippen LogP contribution in [0.2, 0.25) is 4.34 Å². The Morgan fingerprint density at radius 3 is 2.67 bits per heavy atom. The number of hydrogen-bond acceptors (Lipinski definition) is 3. The molecule has 1 atom stereocenters. The van der Waals surface area contributed by atoms with Gasteiger partial charge in [0, 0.05) is 9.35 Å². The van der Waals surface area contributed by atoms with Gasteiger partial charge in [0.05, 0.1) is 12.6 Å². The Hall–Kier alpha value is 0.180. The van der Waals surface area contributed by atoms with Crippen LogP contribution in [0.1, 0.15) is 17.8 Å². The molecule has 1 N–H and O–H groups in total. The van der Waals surface area contributed by atoms with Gasteiger partial charge in [-0.1, -0.05) is 18.5 Å². The predicted molar refractivity (Wildman–Crippen MR) is 70.3 cm³/mol. The fraction of sp³-hybridized carbons (Fsp3) is 0.600. The quantitative estimate of drug-likeness (QED) is 0.806. The van der Waals surface area contributed by atoms with Crippen LogP contribution in [0.3, 0.4) is 0 Å². The Labute approximate surface area is 121 Å². The van der Waals surface area contributed by atoms with Crippen molar-refractivity contribution >= 4 is 38.9 Å². The van der Waals surface area contributed by atoms with Crippen molar-refractivity contribution < 1.29 is 17.9 Å². The van der Waals surface area contributed by atoms with Crippen LogP contribution in [0.25, 0.3) is 0 Å². The summed E-state index contributed by atoms with van der Waals surface area (Å²) in [6, 6.07) is 1.50. The number of hydrogen-bond donors (Lipinski definition) is 1. The molecule has 1 aromatic rings. The van der Waals surface area contributed by atoms with Gasteiger partial charge in [0.15, 0.2) is 0 Å². The molecule has 0 amide bonds. The molecule has 0 bridgehead atoms. The number of thiophene rings is 1. The molecule has 0 spiro atoms. The van der Waals surface area contributed by atoms with E-state index in [4.69, 9.17) is 11.6 Å². The van der Waals surface area contributed by atoms with E-state index in [1.165, 1.54) is 11.3 Å². The van der Waals surface area contributed by atoms with E-state index in [0.29, 0.717) is 10.9 Å².